The summed E-state index contributed by atoms with van der Waals surface area (Å²) in [6, 6.07) is 0. The van der Waals surface area contributed by atoms with Gasteiger partial charge in [-0.05, 0) is 20.8 Å². The van der Waals surface area contributed by atoms with Gasteiger partial charge in [0.1, 0.15) is 0 Å². The number of rotatable bonds is 2. The highest BCUT2D eigenvalue weighted by atomic mass is 16.7. The molecule has 0 fully saturated rings. The smallest absolute Gasteiger partial charge is 0.158 e. The minimum atomic E-state index is -0.356. The van der Waals surface area contributed by atoms with Crippen LogP contribution < -0.4 is 0 Å². The zero-order valence-electron chi connectivity index (χ0n) is 6.60. The summed E-state index contributed by atoms with van der Waals surface area (Å²) in [7, 11) is 1.57. The van der Waals surface area contributed by atoms with Crippen molar-refractivity contribution < 1.29 is 9.47 Å². The van der Waals surface area contributed by atoms with Gasteiger partial charge in [-0.2, -0.15) is 0 Å². The van der Waals surface area contributed by atoms with Crippen LogP contribution in [0.1, 0.15) is 20.8 Å². The van der Waals surface area contributed by atoms with Crippen LogP contribution in [0.5, 0.6) is 0 Å². The van der Waals surface area contributed by atoms with Crippen molar-refractivity contribution in [1.29, 1.82) is 0 Å². The molecule has 55 valence electrons. The molecule has 1 unspecified atom stereocenters. The highest BCUT2D eigenvalue weighted by Crippen LogP contribution is 2.09. The molecule has 1 radical (unpaired) electrons. The van der Waals surface area contributed by atoms with E-state index in [4.69, 9.17) is 9.47 Å². The van der Waals surface area contributed by atoms with Crippen LogP contribution in [0.25, 0.3) is 0 Å². The molecule has 0 aromatic carbocycles. The maximum Gasteiger partial charge on any atom is 0.158 e. The Bertz CT molecular complexity index is 73.5. The summed E-state index contributed by atoms with van der Waals surface area (Å²) in [5.41, 5.74) is -0.164. The molecule has 0 amide bonds. The first-order chi connectivity index (χ1) is 3.95. The van der Waals surface area contributed by atoms with Crippen molar-refractivity contribution in [2.24, 2.45) is 0 Å². The van der Waals surface area contributed by atoms with E-state index in [-0.39, 0.29) is 11.9 Å². The lowest BCUT2D eigenvalue weighted by molar-refractivity contribution is -0.156. The maximum absolute atomic E-state index is 5.25. The molecule has 0 aliphatic heterocycles. The van der Waals surface area contributed by atoms with Gasteiger partial charge in [-0.1, -0.05) is 0 Å². The number of methoxy groups -OCH3 is 1. The largest absolute Gasteiger partial charge is 0.356 e. The summed E-state index contributed by atoms with van der Waals surface area (Å²) < 4.78 is 10.0. The molecule has 0 heterocycles. The Morgan fingerprint density at radius 1 is 1.33 bits per heavy atom. The molecule has 0 aliphatic carbocycles. The Kier molecular flexibility index (Phi) is 3.15. The monoisotopic (exact) mass is 131 g/mol. The fraction of sp³-hybridized carbons (Fsp3) is 0.857. The van der Waals surface area contributed by atoms with Crippen LogP contribution in [-0.2, 0) is 9.47 Å². The van der Waals surface area contributed by atoms with E-state index < -0.39 is 0 Å². The Morgan fingerprint density at radius 2 is 1.78 bits per heavy atom. The predicted molar refractivity (Wildman–Crippen MR) is 37.0 cm³/mol. The molecule has 0 spiro atoms. The minimum absolute atomic E-state index is 0.164. The third-order valence-corrected chi connectivity index (χ3v) is 0.748. The second kappa shape index (κ2) is 3.18. The molecule has 0 N–H and O–H groups in total. The molecule has 0 saturated heterocycles. The van der Waals surface area contributed by atoms with Gasteiger partial charge in [0.05, 0.1) is 5.60 Å². The fourth-order valence-corrected chi connectivity index (χ4v) is 0.442. The van der Waals surface area contributed by atoms with Crippen molar-refractivity contribution >= 4 is 0 Å². The highest BCUT2D eigenvalue weighted by molar-refractivity contribution is 4.61. The van der Waals surface area contributed by atoms with Gasteiger partial charge >= 0.3 is 0 Å². The molecule has 0 aromatic rings. The molecule has 2 heteroatoms. The van der Waals surface area contributed by atoms with Crippen LogP contribution >= 0.6 is 0 Å². The second-order valence-electron chi connectivity index (χ2n) is 2.90. The van der Waals surface area contributed by atoms with E-state index in [2.05, 4.69) is 6.92 Å². The lowest BCUT2D eigenvalue weighted by Gasteiger charge is -2.23. The minimum Gasteiger partial charge on any atom is -0.356 e. The van der Waals surface area contributed by atoms with E-state index in [1.165, 1.54) is 0 Å². The van der Waals surface area contributed by atoms with E-state index in [0.29, 0.717) is 0 Å². The van der Waals surface area contributed by atoms with Crippen molar-refractivity contribution in [2.45, 2.75) is 32.7 Å². The number of hydrogen-bond donors (Lipinski definition) is 0. The molecular formula is C7H15O2. The molecule has 0 saturated carbocycles. The van der Waals surface area contributed by atoms with Crippen LogP contribution in [0.2, 0.25) is 0 Å². The van der Waals surface area contributed by atoms with E-state index in [0.717, 1.165) is 0 Å². The topological polar surface area (TPSA) is 18.5 Å². The van der Waals surface area contributed by atoms with E-state index in [1.54, 1.807) is 7.11 Å². The maximum atomic E-state index is 5.25. The Labute approximate surface area is 57.2 Å². The van der Waals surface area contributed by atoms with Crippen LogP contribution in [-0.4, -0.2) is 19.0 Å². The Balaban J connectivity index is 3.47. The SMILES string of the molecule is [CH2]C(OC)OC(C)(C)C. The zero-order valence-corrected chi connectivity index (χ0v) is 6.60. The Hall–Kier alpha value is -0.0800. The first-order valence-electron chi connectivity index (χ1n) is 2.99. The molecule has 2 nitrogen and oxygen atoms in total. The van der Waals surface area contributed by atoms with E-state index in [1.807, 2.05) is 20.8 Å². The van der Waals surface area contributed by atoms with Gasteiger partial charge in [0.2, 0.25) is 0 Å². The van der Waals surface area contributed by atoms with Crippen LogP contribution in [0.15, 0.2) is 0 Å². The summed E-state index contributed by atoms with van der Waals surface area (Å²) in [5, 5.41) is 0. The molecule has 9 heavy (non-hydrogen) atoms. The van der Waals surface area contributed by atoms with Crippen LogP contribution in [0, 0.1) is 6.92 Å². The Morgan fingerprint density at radius 3 is 1.89 bits per heavy atom. The summed E-state index contributed by atoms with van der Waals surface area (Å²) >= 11 is 0. The van der Waals surface area contributed by atoms with Gasteiger partial charge < -0.3 is 9.47 Å². The van der Waals surface area contributed by atoms with Crippen molar-refractivity contribution in [2.75, 3.05) is 7.11 Å². The van der Waals surface area contributed by atoms with Crippen molar-refractivity contribution in [3.8, 4) is 0 Å². The van der Waals surface area contributed by atoms with Gasteiger partial charge in [0.25, 0.3) is 0 Å². The standard InChI is InChI=1S/C7H15O2/c1-6(8-5)9-7(2,3)4/h6H,1H2,2-5H3. The molecule has 1 atom stereocenters. The molecule has 0 rings (SSSR count). The summed E-state index contributed by atoms with van der Waals surface area (Å²) in [5.74, 6) is 0. The third kappa shape index (κ3) is 5.80. The van der Waals surface area contributed by atoms with Gasteiger partial charge in [0, 0.05) is 14.0 Å². The second-order valence-corrected chi connectivity index (χ2v) is 2.90. The van der Waals surface area contributed by atoms with Gasteiger partial charge in [0.15, 0.2) is 6.29 Å². The molecule has 0 aliphatic rings. The van der Waals surface area contributed by atoms with Gasteiger partial charge in [-0.25, -0.2) is 0 Å². The lowest BCUT2D eigenvalue weighted by atomic mass is 10.2. The normalized spacial score (nSPS) is 15.7. The van der Waals surface area contributed by atoms with Crippen LogP contribution in [0.3, 0.4) is 0 Å². The summed E-state index contributed by atoms with van der Waals surface area (Å²) in [6.45, 7) is 9.48. The average molecular weight is 131 g/mol. The van der Waals surface area contributed by atoms with E-state index in [9.17, 15) is 0 Å². The van der Waals surface area contributed by atoms with Crippen molar-refractivity contribution in [1.82, 2.24) is 0 Å². The molecular weight excluding hydrogens is 116 g/mol. The van der Waals surface area contributed by atoms with Gasteiger partial charge in [-0.3, -0.25) is 0 Å². The van der Waals surface area contributed by atoms with Crippen molar-refractivity contribution in [3.63, 3.8) is 0 Å². The lowest BCUT2D eigenvalue weighted by Crippen LogP contribution is -2.26. The molecule has 0 bridgehead atoms. The number of hydrogen-bond acceptors (Lipinski definition) is 2. The number of ether oxygens (including phenoxy) is 2. The summed E-state index contributed by atoms with van der Waals surface area (Å²) in [6.07, 6.45) is -0.356. The summed E-state index contributed by atoms with van der Waals surface area (Å²) in [4.78, 5) is 0. The van der Waals surface area contributed by atoms with Crippen LogP contribution in [0.4, 0.5) is 0 Å². The molecule has 0 aromatic heterocycles. The first kappa shape index (κ1) is 8.92. The first-order valence-corrected chi connectivity index (χ1v) is 2.99. The quantitative estimate of drug-likeness (QED) is 0.530. The van der Waals surface area contributed by atoms with Gasteiger partial charge in [-0.15, -0.1) is 0 Å². The fourth-order valence-electron chi connectivity index (χ4n) is 0.442. The highest BCUT2D eigenvalue weighted by Gasteiger charge is 2.13. The van der Waals surface area contributed by atoms with E-state index >= 15 is 0 Å². The predicted octanol–water partition coefficient (Wildman–Crippen LogP) is 1.61. The third-order valence-electron chi connectivity index (χ3n) is 0.748. The van der Waals surface area contributed by atoms with Crippen molar-refractivity contribution in [3.05, 3.63) is 6.92 Å². The average Bonchev–Trinajstić information content (AvgIpc) is 1.62. The zero-order chi connectivity index (χ0) is 7.49.